The number of methoxy groups -OCH3 is 1. The van der Waals surface area contributed by atoms with Crippen LogP contribution in [0.25, 0.3) is 0 Å². The standard InChI is InChI=1S/C18H20FN3O3/c1-25-16-6-4-15(5-7-16)20-9-2-10-21(12-11-20)18-13-14(19)3-8-17(18)22(23)24/h3-8,13H,2,9-12H2,1H3. The molecule has 0 aliphatic carbocycles. The van der Waals surface area contributed by atoms with Crippen molar-refractivity contribution in [1.29, 1.82) is 0 Å². The van der Waals surface area contributed by atoms with E-state index in [1.54, 1.807) is 7.11 Å². The monoisotopic (exact) mass is 345 g/mol. The predicted octanol–water partition coefficient (Wildman–Crippen LogP) is 3.46. The number of nitro benzene ring substituents is 1. The van der Waals surface area contributed by atoms with Crippen LogP contribution in [-0.4, -0.2) is 38.2 Å². The maximum Gasteiger partial charge on any atom is 0.292 e. The topological polar surface area (TPSA) is 58.8 Å². The van der Waals surface area contributed by atoms with Crippen LogP contribution < -0.4 is 14.5 Å². The zero-order valence-corrected chi connectivity index (χ0v) is 14.0. The number of hydrogen-bond donors (Lipinski definition) is 0. The van der Waals surface area contributed by atoms with Gasteiger partial charge in [0.05, 0.1) is 12.0 Å². The fourth-order valence-corrected chi connectivity index (χ4v) is 3.11. The smallest absolute Gasteiger partial charge is 0.292 e. The molecule has 1 aliphatic heterocycles. The van der Waals surface area contributed by atoms with E-state index in [0.29, 0.717) is 25.3 Å². The van der Waals surface area contributed by atoms with Crippen molar-refractivity contribution in [3.05, 3.63) is 58.4 Å². The van der Waals surface area contributed by atoms with Gasteiger partial charge < -0.3 is 14.5 Å². The zero-order chi connectivity index (χ0) is 17.8. The van der Waals surface area contributed by atoms with E-state index in [0.717, 1.165) is 30.5 Å². The van der Waals surface area contributed by atoms with E-state index in [4.69, 9.17) is 4.74 Å². The normalized spacial score (nSPS) is 15.0. The van der Waals surface area contributed by atoms with Crippen LogP contribution in [0.15, 0.2) is 42.5 Å². The molecule has 1 fully saturated rings. The van der Waals surface area contributed by atoms with Gasteiger partial charge >= 0.3 is 0 Å². The molecule has 1 heterocycles. The fraction of sp³-hybridized carbons (Fsp3) is 0.333. The van der Waals surface area contributed by atoms with Gasteiger partial charge in [0.15, 0.2) is 0 Å². The van der Waals surface area contributed by atoms with E-state index in [9.17, 15) is 14.5 Å². The highest BCUT2D eigenvalue weighted by Gasteiger charge is 2.23. The molecule has 0 N–H and O–H groups in total. The lowest BCUT2D eigenvalue weighted by Gasteiger charge is -2.24. The molecule has 1 aliphatic rings. The average molecular weight is 345 g/mol. The van der Waals surface area contributed by atoms with E-state index >= 15 is 0 Å². The summed E-state index contributed by atoms with van der Waals surface area (Å²) >= 11 is 0. The lowest BCUT2D eigenvalue weighted by molar-refractivity contribution is -0.384. The third-order valence-corrected chi connectivity index (χ3v) is 4.41. The van der Waals surface area contributed by atoms with Crippen molar-refractivity contribution >= 4 is 17.1 Å². The van der Waals surface area contributed by atoms with Gasteiger partial charge in [-0.3, -0.25) is 10.1 Å². The first kappa shape index (κ1) is 17.0. The van der Waals surface area contributed by atoms with Crippen molar-refractivity contribution in [3.63, 3.8) is 0 Å². The molecule has 0 atom stereocenters. The molecule has 0 unspecified atom stereocenters. The largest absolute Gasteiger partial charge is 0.497 e. The van der Waals surface area contributed by atoms with Crippen molar-refractivity contribution in [2.45, 2.75) is 6.42 Å². The summed E-state index contributed by atoms with van der Waals surface area (Å²) in [5.41, 5.74) is 1.37. The molecule has 2 aromatic rings. The molecule has 6 nitrogen and oxygen atoms in total. The van der Waals surface area contributed by atoms with Gasteiger partial charge in [-0.15, -0.1) is 0 Å². The summed E-state index contributed by atoms with van der Waals surface area (Å²) in [6.45, 7) is 2.79. The summed E-state index contributed by atoms with van der Waals surface area (Å²) < 4.78 is 18.8. The minimum atomic E-state index is -0.461. The first-order valence-electron chi connectivity index (χ1n) is 8.16. The third-order valence-electron chi connectivity index (χ3n) is 4.41. The summed E-state index contributed by atoms with van der Waals surface area (Å²) in [7, 11) is 1.63. The highest BCUT2D eigenvalue weighted by Crippen LogP contribution is 2.30. The quantitative estimate of drug-likeness (QED) is 0.627. The van der Waals surface area contributed by atoms with Crippen LogP contribution in [0.1, 0.15) is 6.42 Å². The summed E-state index contributed by atoms with van der Waals surface area (Å²) in [5, 5.41) is 11.2. The number of hydrogen-bond acceptors (Lipinski definition) is 5. The third kappa shape index (κ3) is 3.81. The molecular weight excluding hydrogens is 325 g/mol. The number of rotatable bonds is 4. The molecule has 0 aromatic heterocycles. The van der Waals surface area contributed by atoms with Gasteiger partial charge in [0.25, 0.3) is 5.69 Å². The van der Waals surface area contributed by atoms with Gasteiger partial charge in [0.1, 0.15) is 17.3 Å². The second-order valence-electron chi connectivity index (χ2n) is 5.92. The molecule has 0 bridgehead atoms. The number of nitro groups is 1. The second-order valence-corrected chi connectivity index (χ2v) is 5.92. The van der Waals surface area contributed by atoms with Crippen LogP contribution in [0.3, 0.4) is 0 Å². The Labute approximate surface area is 145 Å². The molecule has 0 radical (unpaired) electrons. The molecule has 0 amide bonds. The Morgan fingerprint density at radius 1 is 1.04 bits per heavy atom. The summed E-state index contributed by atoms with van der Waals surface area (Å²) in [5.74, 6) is 0.340. The first-order chi connectivity index (χ1) is 12.1. The van der Waals surface area contributed by atoms with Gasteiger partial charge in [-0.05, 0) is 36.8 Å². The van der Waals surface area contributed by atoms with E-state index < -0.39 is 10.7 Å². The van der Waals surface area contributed by atoms with Crippen molar-refractivity contribution in [2.75, 3.05) is 43.1 Å². The van der Waals surface area contributed by atoms with Gasteiger partial charge in [0, 0.05) is 44.0 Å². The van der Waals surface area contributed by atoms with Crippen LogP contribution in [0.4, 0.5) is 21.5 Å². The van der Waals surface area contributed by atoms with E-state index in [1.165, 1.54) is 12.1 Å². The van der Waals surface area contributed by atoms with E-state index in [-0.39, 0.29) is 5.69 Å². The number of ether oxygens (including phenoxy) is 1. The van der Waals surface area contributed by atoms with Crippen LogP contribution >= 0.6 is 0 Å². The van der Waals surface area contributed by atoms with E-state index in [1.807, 2.05) is 29.2 Å². The number of nitrogens with zero attached hydrogens (tertiary/aromatic N) is 3. The minimum Gasteiger partial charge on any atom is -0.497 e. The number of benzene rings is 2. The second kappa shape index (κ2) is 7.38. The molecule has 132 valence electrons. The van der Waals surface area contributed by atoms with Crippen molar-refractivity contribution < 1.29 is 14.1 Å². The Morgan fingerprint density at radius 3 is 2.40 bits per heavy atom. The van der Waals surface area contributed by atoms with Gasteiger partial charge in [0.2, 0.25) is 0 Å². The lowest BCUT2D eigenvalue weighted by Crippen LogP contribution is -2.31. The number of anilines is 2. The highest BCUT2D eigenvalue weighted by molar-refractivity contribution is 5.64. The molecule has 1 saturated heterocycles. The first-order valence-corrected chi connectivity index (χ1v) is 8.16. The molecule has 3 rings (SSSR count). The van der Waals surface area contributed by atoms with Crippen molar-refractivity contribution in [2.24, 2.45) is 0 Å². The van der Waals surface area contributed by atoms with Crippen LogP contribution in [-0.2, 0) is 0 Å². The van der Waals surface area contributed by atoms with Gasteiger partial charge in [-0.2, -0.15) is 0 Å². The summed E-state index contributed by atoms with van der Waals surface area (Å²) in [6, 6.07) is 11.4. The highest BCUT2D eigenvalue weighted by atomic mass is 19.1. The molecule has 25 heavy (non-hydrogen) atoms. The minimum absolute atomic E-state index is 0.0562. The van der Waals surface area contributed by atoms with Crippen molar-refractivity contribution in [3.8, 4) is 5.75 Å². The van der Waals surface area contributed by atoms with Crippen molar-refractivity contribution in [1.82, 2.24) is 0 Å². The van der Waals surface area contributed by atoms with Gasteiger partial charge in [-0.1, -0.05) is 0 Å². The van der Waals surface area contributed by atoms with Gasteiger partial charge in [-0.25, -0.2) is 4.39 Å². The molecule has 0 spiro atoms. The SMILES string of the molecule is COc1ccc(N2CCCN(c3cc(F)ccc3[N+](=O)[O-])CC2)cc1. The zero-order valence-electron chi connectivity index (χ0n) is 14.0. The maximum absolute atomic E-state index is 13.6. The van der Waals surface area contributed by atoms with E-state index in [2.05, 4.69) is 4.90 Å². The van der Waals surface area contributed by atoms with Crippen LogP contribution in [0, 0.1) is 15.9 Å². The molecular formula is C18H20FN3O3. The molecule has 7 heteroatoms. The maximum atomic E-state index is 13.6. The predicted molar refractivity (Wildman–Crippen MR) is 95.1 cm³/mol. The Bertz CT molecular complexity index is 752. The summed E-state index contributed by atoms with van der Waals surface area (Å²) in [4.78, 5) is 14.9. The Kier molecular flexibility index (Phi) is 5.02. The Hall–Kier alpha value is -2.83. The molecule has 2 aromatic carbocycles. The molecule has 0 saturated carbocycles. The average Bonchev–Trinajstić information content (AvgIpc) is 2.87. The summed E-state index contributed by atoms with van der Waals surface area (Å²) in [6.07, 6.45) is 0.833. The van der Waals surface area contributed by atoms with Crippen LogP contribution in [0.2, 0.25) is 0 Å². The fourth-order valence-electron chi connectivity index (χ4n) is 3.11. The Balaban J connectivity index is 1.77. The number of halogens is 1. The lowest BCUT2D eigenvalue weighted by atomic mass is 10.2. The Morgan fingerprint density at radius 2 is 1.72 bits per heavy atom. The van der Waals surface area contributed by atoms with Crippen LogP contribution in [0.5, 0.6) is 5.75 Å².